The number of aryl methyl sites for hydroxylation is 2. The number of methoxy groups -OCH3 is 1. The Bertz CT molecular complexity index is 738. The molecule has 0 aliphatic rings. The van der Waals surface area contributed by atoms with E-state index in [-0.39, 0.29) is 18.0 Å². The number of rotatable bonds is 5. The summed E-state index contributed by atoms with van der Waals surface area (Å²) in [6.07, 6.45) is 2.08. The van der Waals surface area contributed by atoms with Crippen LogP contribution >= 0.6 is 0 Å². The van der Waals surface area contributed by atoms with Crippen LogP contribution in [-0.2, 0) is 17.8 Å². The standard InChI is InChI=1S/C16H19N3O3/c1-4-12-8-16(21)19(10-17-12)9-15(20)18-13-7-11(2)5-6-14(13)22-3/h5-8,10H,4,9H2,1-3H3,(H,18,20). The highest BCUT2D eigenvalue weighted by Crippen LogP contribution is 2.25. The summed E-state index contributed by atoms with van der Waals surface area (Å²) >= 11 is 0. The Kier molecular flexibility index (Phi) is 4.93. The zero-order chi connectivity index (χ0) is 16.1. The van der Waals surface area contributed by atoms with E-state index in [4.69, 9.17) is 4.74 Å². The molecular formula is C16H19N3O3. The van der Waals surface area contributed by atoms with Crippen molar-refractivity contribution in [1.29, 1.82) is 0 Å². The summed E-state index contributed by atoms with van der Waals surface area (Å²) in [6, 6.07) is 6.94. The van der Waals surface area contributed by atoms with Crippen molar-refractivity contribution in [3.63, 3.8) is 0 Å². The smallest absolute Gasteiger partial charge is 0.253 e. The first-order chi connectivity index (χ1) is 10.5. The Morgan fingerprint density at radius 3 is 2.77 bits per heavy atom. The fourth-order valence-electron chi connectivity index (χ4n) is 2.04. The zero-order valence-corrected chi connectivity index (χ0v) is 12.9. The number of nitrogens with one attached hydrogen (secondary N) is 1. The zero-order valence-electron chi connectivity index (χ0n) is 12.9. The van der Waals surface area contributed by atoms with Crippen molar-refractivity contribution in [1.82, 2.24) is 9.55 Å². The highest BCUT2D eigenvalue weighted by atomic mass is 16.5. The van der Waals surface area contributed by atoms with Gasteiger partial charge in [-0.15, -0.1) is 0 Å². The summed E-state index contributed by atoms with van der Waals surface area (Å²) in [4.78, 5) is 28.1. The maximum absolute atomic E-state index is 12.1. The van der Waals surface area contributed by atoms with Crippen LogP contribution in [0.15, 0.2) is 35.4 Å². The summed E-state index contributed by atoms with van der Waals surface area (Å²) in [5.41, 5.74) is 2.06. The van der Waals surface area contributed by atoms with Gasteiger partial charge in [0, 0.05) is 11.8 Å². The molecule has 116 valence electrons. The molecule has 22 heavy (non-hydrogen) atoms. The first-order valence-electron chi connectivity index (χ1n) is 7.03. The molecule has 0 radical (unpaired) electrons. The van der Waals surface area contributed by atoms with Crippen molar-refractivity contribution < 1.29 is 9.53 Å². The van der Waals surface area contributed by atoms with Crippen LogP contribution in [0.5, 0.6) is 5.75 Å². The number of carbonyl (C=O) groups is 1. The van der Waals surface area contributed by atoms with E-state index in [0.717, 1.165) is 5.56 Å². The second kappa shape index (κ2) is 6.89. The normalized spacial score (nSPS) is 10.3. The molecule has 0 fully saturated rings. The van der Waals surface area contributed by atoms with Crippen LogP contribution < -0.4 is 15.6 Å². The maximum atomic E-state index is 12.1. The van der Waals surface area contributed by atoms with Gasteiger partial charge in [-0.2, -0.15) is 0 Å². The number of benzene rings is 1. The van der Waals surface area contributed by atoms with E-state index in [1.165, 1.54) is 24.1 Å². The van der Waals surface area contributed by atoms with Crippen molar-refractivity contribution in [3.05, 3.63) is 52.2 Å². The Morgan fingerprint density at radius 1 is 1.36 bits per heavy atom. The van der Waals surface area contributed by atoms with Gasteiger partial charge in [-0.05, 0) is 31.0 Å². The molecule has 0 aliphatic carbocycles. The molecule has 0 saturated carbocycles. The van der Waals surface area contributed by atoms with Crippen molar-refractivity contribution in [2.75, 3.05) is 12.4 Å². The minimum atomic E-state index is -0.308. The maximum Gasteiger partial charge on any atom is 0.253 e. The second-order valence-corrected chi connectivity index (χ2v) is 4.95. The Balaban J connectivity index is 2.14. The van der Waals surface area contributed by atoms with Gasteiger partial charge in [-0.3, -0.25) is 14.2 Å². The van der Waals surface area contributed by atoms with Crippen molar-refractivity contribution in [2.24, 2.45) is 0 Å². The highest BCUT2D eigenvalue weighted by molar-refractivity contribution is 5.92. The molecule has 1 amide bonds. The molecule has 6 heteroatoms. The second-order valence-electron chi connectivity index (χ2n) is 4.95. The SMILES string of the molecule is CCc1cc(=O)n(CC(=O)Nc2cc(C)ccc2OC)cn1. The van der Waals surface area contributed by atoms with Gasteiger partial charge in [0.15, 0.2) is 0 Å². The van der Waals surface area contributed by atoms with Gasteiger partial charge < -0.3 is 10.1 Å². The number of carbonyl (C=O) groups excluding carboxylic acids is 1. The third kappa shape index (κ3) is 3.72. The predicted octanol–water partition coefficient (Wildman–Crippen LogP) is 1.76. The monoisotopic (exact) mass is 301 g/mol. The Hall–Kier alpha value is -2.63. The third-order valence-electron chi connectivity index (χ3n) is 3.24. The Morgan fingerprint density at radius 2 is 2.14 bits per heavy atom. The minimum Gasteiger partial charge on any atom is -0.495 e. The van der Waals surface area contributed by atoms with Gasteiger partial charge in [0.1, 0.15) is 12.3 Å². The van der Waals surface area contributed by atoms with Crippen LogP contribution in [0.4, 0.5) is 5.69 Å². The number of aromatic nitrogens is 2. The molecule has 0 saturated heterocycles. The van der Waals surface area contributed by atoms with Crippen LogP contribution in [0.25, 0.3) is 0 Å². The lowest BCUT2D eigenvalue weighted by Crippen LogP contribution is -2.28. The summed E-state index contributed by atoms with van der Waals surface area (Å²) in [6.45, 7) is 3.75. The van der Waals surface area contributed by atoms with Gasteiger partial charge in [0.25, 0.3) is 5.56 Å². The molecule has 6 nitrogen and oxygen atoms in total. The van der Waals surface area contributed by atoms with E-state index in [0.29, 0.717) is 23.6 Å². The highest BCUT2D eigenvalue weighted by Gasteiger charge is 2.09. The lowest BCUT2D eigenvalue weighted by molar-refractivity contribution is -0.116. The fourth-order valence-corrected chi connectivity index (χ4v) is 2.04. The van der Waals surface area contributed by atoms with Gasteiger partial charge >= 0.3 is 0 Å². The molecule has 2 rings (SSSR count). The molecule has 1 heterocycles. The molecule has 0 spiro atoms. The molecule has 0 unspecified atom stereocenters. The summed E-state index contributed by atoms with van der Waals surface area (Å²) in [5.74, 6) is 0.266. The van der Waals surface area contributed by atoms with Crippen molar-refractivity contribution in [2.45, 2.75) is 26.8 Å². The van der Waals surface area contributed by atoms with Crippen LogP contribution in [0.1, 0.15) is 18.2 Å². The topological polar surface area (TPSA) is 73.2 Å². The molecule has 0 bridgehead atoms. The molecule has 2 aromatic rings. The van der Waals surface area contributed by atoms with Crippen LogP contribution in [0, 0.1) is 6.92 Å². The van der Waals surface area contributed by atoms with E-state index >= 15 is 0 Å². The molecule has 0 atom stereocenters. The number of nitrogens with zero attached hydrogens (tertiary/aromatic N) is 2. The summed E-state index contributed by atoms with van der Waals surface area (Å²) < 4.78 is 6.48. The molecule has 0 aliphatic heterocycles. The largest absolute Gasteiger partial charge is 0.495 e. The van der Waals surface area contributed by atoms with Gasteiger partial charge in [-0.25, -0.2) is 4.98 Å². The first-order valence-corrected chi connectivity index (χ1v) is 7.03. The van der Waals surface area contributed by atoms with Crippen LogP contribution in [-0.4, -0.2) is 22.6 Å². The van der Waals surface area contributed by atoms with Crippen LogP contribution in [0.3, 0.4) is 0 Å². The van der Waals surface area contributed by atoms with E-state index in [1.807, 2.05) is 26.0 Å². The molecular weight excluding hydrogens is 282 g/mol. The average Bonchev–Trinajstić information content (AvgIpc) is 2.49. The number of hydrogen-bond acceptors (Lipinski definition) is 4. The van der Waals surface area contributed by atoms with Gasteiger partial charge in [0.05, 0.1) is 19.1 Å². The molecule has 1 aromatic carbocycles. The molecule has 1 aromatic heterocycles. The van der Waals surface area contributed by atoms with E-state index in [2.05, 4.69) is 10.3 Å². The number of hydrogen-bond donors (Lipinski definition) is 1. The summed E-state index contributed by atoms with van der Waals surface area (Å²) in [5, 5.41) is 2.76. The predicted molar refractivity (Wildman–Crippen MR) is 84.2 cm³/mol. The lowest BCUT2D eigenvalue weighted by atomic mass is 10.2. The third-order valence-corrected chi connectivity index (χ3v) is 3.24. The Labute approximate surface area is 128 Å². The van der Waals surface area contributed by atoms with E-state index < -0.39 is 0 Å². The first kappa shape index (κ1) is 15.8. The van der Waals surface area contributed by atoms with E-state index in [1.54, 1.807) is 6.07 Å². The lowest BCUT2D eigenvalue weighted by Gasteiger charge is -2.11. The van der Waals surface area contributed by atoms with E-state index in [9.17, 15) is 9.59 Å². The number of amides is 1. The van der Waals surface area contributed by atoms with Crippen molar-refractivity contribution in [3.8, 4) is 5.75 Å². The van der Waals surface area contributed by atoms with Crippen molar-refractivity contribution >= 4 is 11.6 Å². The minimum absolute atomic E-state index is 0.0904. The number of ether oxygens (including phenoxy) is 1. The average molecular weight is 301 g/mol. The number of anilines is 1. The van der Waals surface area contributed by atoms with Crippen LogP contribution in [0.2, 0.25) is 0 Å². The molecule has 1 N–H and O–H groups in total. The van der Waals surface area contributed by atoms with Gasteiger partial charge in [-0.1, -0.05) is 13.0 Å². The van der Waals surface area contributed by atoms with Gasteiger partial charge in [0.2, 0.25) is 5.91 Å². The quantitative estimate of drug-likeness (QED) is 0.913. The summed E-state index contributed by atoms with van der Waals surface area (Å²) in [7, 11) is 1.54. The fraction of sp³-hybridized carbons (Fsp3) is 0.312.